The second-order valence-electron chi connectivity index (χ2n) is 5.54. The van der Waals surface area contributed by atoms with E-state index < -0.39 is 15.8 Å². The van der Waals surface area contributed by atoms with Gasteiger partial charge in [-0.15, -0.1) is 0 Å². The number of halogens is 1. The topological polar surface area (TPSA) is 72.2 Å². The van der Waals surface area contributed by atoms with Crippen LogP contribution in [0.4, 0.5) is 4.39 Å². The SMILES string of the molecule is CCCC1(CNS(=O)(=O)c2ccc(CN)cc2F)CC1. The summed E-state index contributed by atoms with van der Waals surface area (Å²) < 4.78 is 40.7. The number of benzene rings is 1. The van der Waals surface area contributed by atoms with Gasteiger partial charge in [-0.05, 0) is 42.4 Å². The minimum absolute atomic E-state index is 0.0928. The summed E-state index contributed by atoms with van der Waals surface area (Å²) in [5.41, 5.74) is 6.07. The Bertz CT molecular complexity index is 583. The Morgan fingerprint density at radius 2 is 2.10 bits per heavy atom. The fraction of sp³-hybridized carbons (Fsp3) is 0.571. The Balaban J connectivity index is 2.10. The van der Waals surface area contributed by atoms with Crippen molar-refractivity contribution in [3.05, 3.63) is 29.6 Å². The molecule has 0 unspecified atom stereocenters. The van der Waals surface area contributed by atoms with Crippen molar-refractivity contribution < 1.29 is 12.8 Å². The highest BCUT2D eigenvalue weighted by atomic mass is 32.2. The van der Waals surface area contributed by atoms with Crippen molar-refractivity contribution in [2.75, 3.05) is 6.54 Å². The molecule has 0 atom stereocenters. The minimum atomic E-state index is -3.79. The Labute approximate surface area is 119 Å². The molecule has 1 saturated carbocycles. The van der Waals surface area contributed by atoms with Crippen LogP contribution in [-0.2, 0) is 16.6 Å². The van der Waals surface area contributed by atoms with Crippen LogP contribution in [0, 0.1) is 11.2 Å². The predicted molar refractivity (Wildman–Crippen MR) is 76.1 cm³/mol. The molecular weight excluding hydrogens is 279 g/mol. The summed E-state index contributed by atoms with van der Waals surface area (Å²) in [7, 11) is -3.79. The Morgan fingerprint density at radius 3 is 2.60 bits per heavy atom. The van der Waals surface area contributed by atoms with Gasteiger partial charge in [0.1, 0.15) is 10.7 Å². The first-order valence-corrected chi connectivity index (χ1v) is 8.39. The van der Waals surface area contributed by atoms with Crippen molar-refractivity contribution in [1.29, 1.82) is 0 Å². The van der Waals surface area contributed by atoms with Crippen LogP contribution >= 0.6 is 0 Å². The molecule has 0 radical (unpaired) electrons. The quantitative estimate of drug-likeness (QED) is 0.810. The largest absolute Gasteiger partial charge is 0.326 e. The number of nitrogens with one attached hydrogen (secondary N) is 1. The molecular formula is C14H21FN2O2S. The molecule has 0 amide bonds. The lowest BCUT2D eigenvalue weighted by Gasteiger charge is -2.15. The van der Waals surface area contributed by atoms with Crippen LogP contribution in [0.1, 0.15) is 38.2 Å². The molecule has 0 aliphatic heterocycles. The predicted octanol–water partition coefficient (Wildman–Crippen LogP) is 2.14. The first kappa shape index (κ1) is 15.4. The zero-order valence-electron chi connectivity index (χ0n) is 11.7. The first-order chi connectivity index (χ1) is 9.42. The lowest BCUT2D eigenvalue weighted by molar-refractivity contribution is 0.448. The molecule has 20 heavy (non-hydrogen) atoms. The van der Waals surface area contributed by atoms with Crippen LogP contribution in [0.5, 0.6) is 0 Å². The molecule has 2 rings (SSSR count). The normalized spacial score (nSPS) is 17.1. The molecule has 0 saturated heterocycles. The first-order valence-electron chi connectivity index (χ1n) is 6.91. The highest BCUT2D eigenvalue weighted by molar-refractivity contribution is 7.89. The molecule has 0 heterocycles. The van der Waals surface area contributed by atoms with Gasteiger partial charge in [0.15, 0.2) is 0 Å². The third kappa shape index (κ3) is 3.37. The summed E-state index contributed by atoms with van der Waals surface area (Å²) >= 11 is 0. The van der Waals surface area contributed by atoms with Gasteiger partial charge >= 0.3 is 0 Å². The van der Waals surface area contributed by atoms with E-state index in [0.29, 0.717) is 12.1 Å². The Hall–Kier alpha value is -0.980. The maximum atomic E-state index is 13.8. The average molecular weight is 300 g/mol. The van der Waals surface area contributed by atoms with Gasteiger partial charge in [0.2, 0.25) is 10.0 Å². The molecule has 1 fully saturated rings. The molecule has 1 aromatic rings. The summed E-state index contributed by atoms with van der Waals surface area (Å²) in [5.74, 6) is -0.749. The van der Waals surface area contributed by atoms with E-state index in [-0.39, 0.29) is 16.9 Å². The standard InChI is InChI=1S/C14H21FN2O2S/c1-2-5-14(6-7-14)10-17-20(18,19)13-4-3-11(9-16)8-12(13)15/h3-4,8,17H,2,5-7,9-10,16H2,1H3. The van der Waals surface area contributed by atoms with Crippen molar-refractivity contribution in [3.8, 4) is 0 Å². The number of rotatable bonds is 7. The van der Waals surface area contributed by atoms with E-state index in [1.165, 1.54) is 18.2 Å². The monoisotopic (exact) mass is 300 g/mol. The van der Waals surface area contributed by atoms with Crippen LogP contribution in [-0.4, -0.2) is 15.0 Å². The molecule has 1 aliphatic carbocycles. The van der Waals surface area contributed by atoms with Crippen molar-refractivity contribution in [2.24, 2.45) is 11.1 Å². The molecule has 112 valence electrons. The summed E-state index contributed by atoms with van der Waals surface area (Å²) in [6.07, 6.45) is 4.11. The van der Waals surface area contributed by atoms with E-state index in [4.69, 9.17) is 5.73 Å². The molecule has 6 heteroatoms. The average Bonchev–Trinajstić information content (AvgIpc) is 3.17. The molecule has 0 aromatic heterocycles. The van der Waals surface area contributed by atoms with Crippen molar-refractivity contribution in [1.82, 2.24) is 4.72 Å². The van der Waals surface area contributed by atoms with Crippen LogP contribution in [0.3, 0.4) is 0 Å². The van der Waals surface area contributed by atoms with Gasteiger partial charge in [-0.2, -0.15) is 0 Å². The minimum Gasteiger partial charge on any atom is -0.326 e. The van der Waals surface area contributed by atoms with Crippen molar-refractivity contribution in [3.63, 3.8) is 0 Å². The van der Waals surface area contributed by atoms with Gasteiger partial charge in [-0.25, -0.2) is 17.5 Å². The Kier molecular flexibility index (Phi) is 4.46. The number of hydrogen-bond donors (Lipinski definition) is 2. The van der Waals surface area contributed by atoms with E-state index >= 15 is 0 Å². The van der Waals surface area contributed by atoms with Gasteiger partial charge in [-0.1, -0.05) is 19.4 Å². The second kappa shape index (κ2) is 5.79. The smallest absolute Gasteiger partial charge is 0.243 e. The summed E-state index contributed by atoms with van der Waals surface area (Å²) in [5, 5.41) is 0. The maximum Gasteiger partial charge on any atom is 0.243 e. The van der Waals surface area contributed by atoms with Gasteiger partial charge < -0.3 is 5.73 Å². The third-order valence-electron chi connectivity index (χ3n) is 3.90. The number of sulfonamides is 1. The molecule has 3 N–H and O–H groups in total. The summed E-state index contributed by atoms with van der Waals surface area (Å²) in [4.78, 5) is -0.304. The van der Waals surface area contributed by atoms with Crippen molar-refractivity contribution in [2.45, 2.75) is 44.0 Å². The lowest BCUT2D eigenvalue weighted by Crippen LogP contribution is -2.31. The molecule has 0 bridgehead atoms. The van der Waals surface area contributed by atoms with Gasteiger partial charge in [0.05, 0.1) is 0 Å². The van der Waals surface area contributed by atoms with E-state index in [1.807, 2.05) is 0 Å². The third-order valence-corrected chi connectivity index (χ3v) is 5.33. The highest BCUT2D eigenvalue weighted by Gasteiger charge is 2.42. The molecule has 1 aliphatic rings. The van der Waals surface area contributed by atoms with Crippen LogP contribution < -0.4 is 10.5 Å². The van der Waals surface area contributed by atoms with Crippen molar-refractivity contribution >= 4 is 10.0 Å². The number of nitrogens with two attached hydrogens (primary N) is 1. The molecule has 4 nitrogen and oxygen atoms in total. The van der Waals surface area contributed by atoms with E-state index in [0.717, 1.165) is 25.7 Å². The molecule has 0 spiro atoms. The fourth-order valence-corrected chi connectivity index (χ4v) is 3.65. The van der Waals surface area contributed by atoms with E-state index in [2.05, 4.69) is 11.6 Å². The van der Waals surface area contributed by atoms with E-state index in [9.17, 15) is 12.8 Å². The number of hydrogen-bond acceptors (Lipinski definition) is 3. The zero-order chi connectivity index (χ0) is 14.8. The Morgan fingerprint density at radius 1 is 1.40 bits per heavy atom. The van der Waals surface area contributed by atoms with Gasteiger partial charge in [0, 0.05) is 13.1 Å². The van der Waals surface area contributed by atoms with Crippen LogP contribution in [0.2, 0.25) is 0 Å². The second-order valence-corrected chi connectivity index (χ2v) is 7.28. The fourth-order valence-electron chi connectivity index (χ4n) is 2.44. The van der Waals surface area contributed by atoms with Gasteiger partial charge in [0.25, 0.3) is 0 Å². The maximum absolute atomic E-state index is 13.8. The lowest BCUT2D eigenvalue weighted by atomic mass is 10.0. The van der Waals surface area contributed by atoms with Crippen LogP contribution in [0.15, 0.2) is 23.1 Å². The highest BCUT2D eigenvalue weighted by Crippen LogP contribution is 2.49. The van der Waals surface area contributed by atoms with Gasteiger partial charge in [-0.3, -0.25) is 0 Å². The van der Waals surface area contributed by atoms with Crippen LogP contribution in [0.25, 0.3) is 0 Å². The zero-order valence-corrected chi connectivity index (χ0v) is 12.5. The van der Waals surface area contributed by atoms with E-state index in [1.54, 1.807) is 0 Å². The molecule has 1 aromatic carbocycles. The summed E-state index contributed by atoms with van der Waals surface area (Å²) in [6, 6.07) is 3.99. The summed E-state index contributed by atoms with van der Waals surface area (Å²) in [6.45, 7) is 2.66.